The smallest absolute Gasteiger partial charge is 0.285 e. The molecule has 1 aromatic carbocycles. The van der Waals surface area contributed by atoms with E-state index in [1.807, 2.05) is 4.90 Å². The molecular weight excluding hydrogens is 449 g/mol. The summed E-state index contributed by atoms with van der Waals surface area (Å²) in [7, 11) is 0. The number of amides is 1. The highest BCUT2D eigenvalue weighted by atomic mass is 35.5. The lowest BCUT2D eigenvalue weighted by molar-refractivity contribution is -0.118. The van der Waals surface area contributed by atoms with Crippen molar-refractivity contribution in [3.63, 3.8) is 0 Å². The number of ether oxygens (including phenoxy) is 1. The Hall–Kier alpha value is -3.46. The molecule has 3 aromatic rings. The normalized spacial score (nSPS) is 15.7. The number of rotatable bonds is 6. The number of H-pyrrole nitrogens is 1. The van der Waals surface area contributed by atoms with E-state index in [4.69, 9.17) is 16.3 Å². The fourth-order valence-corrected chi connectivity index (χ4v) is 3.77. The second-order valence-electron chi connectivity index (χ2n) is 8.09. The van der Waals surface area contributed by atoms with Crippen LogP contribution in [-0.2, 0) is 4.79 Å². The molecule has 2 aromatic heterocycles. The van der Waals surface area contributed by atoms with Crippen LogP contribution in [0.5, 0.6) is 5.88 Å². The van der Waals surface area contributed by atoms with E-state index in [9.17, 15) is 14.0 Å². The number of carbonyl (C=O) groups excluding carboxylic acids is 1. The molecule has 1 fully saturated rings. The maximum absolute atomic E-state index is 14.8. The van der Waals surface area contributed by atoms with Gasteiger partial charge in [-0.3, -0.25) is 9.59 Å². The topological polar surface area (TPSA) is 100 Å². The second-order valence-corrected chi connectivity index (χ2v) is 8.47. The van der Waals surface area contributed by atoms with Gasteiger partial charge in [-0.15, -0.1) is 0 Å². The summed E-state index contributed by atoms with van der Waals surface area (Å²) in [5.74, 6) is -0.471. The van der Waals surface area contributed by atoms with Crippen LogP contribution in [0.15, 0.2) is 47.5 Å². The predicted octanol–water partition coefficient (Wildman–Crippen LogP) is 3.88. The van der Waals surface area contributed by atoms with Gasteiger partial charge in [-0.05, 0) is 29.8 Å². The summed E-state index contributed by atoms with van der Waals surface area (Å²) >= 11 is 6.10. The summed E-state index contributed by atoms with van der Waals surface area (Å²) in [6, 6.07) is 7.94. The molecular formula is C23H23ClFN5O3. The highest BCUT2D eigenvalue weighted by molar-refractivity contribution is 6.33. The van der Waals surface area contributed by atoms with Crippen molar-refractivity contribution in [2.24, 2.45) is 5.92 Å². The highest BCUT2D eigenvalue weighted by Gasteiger charge is 2.27. The van der Waals surface area contributed by atoms with Gasteiger partial charge in [0.25, 0.3) is 5.56 Å². The first-order valence-electron chi connectivity index (χ1n) is 10.5. The minimum absolute atomic E-state index is 0.0919. The van der Waals surface area contributed by atoms with Crippen molar-refractivity contribution in [3.8, 4) is 17.0 Å². The average Bonchev–Trinajstić information content (AvgIpc) is 3.24. The fourth-order valence-electron chi connectivity index (χ4n) is 3.56. The van der Waals surface area contributed by atoms with Crippen LogP contribution in [-0.4, -0.2) is 40.3 Å². The highest BCUT2D eigenvalue weighted by Crippen LogP contribution is 2.30. The summed E-state index contributed by atoms with van der Waals surface area (Å²) in [6.07, 6.45) is 3.60. The van der Waals surface area contributed by atoms with Gasteiger partial charge in [0, 0.05) is 42.4 Å². The number of benzene rings is 1. The summed E-state index contributed by atoms with van der Waals surface area (Å²) in [5, 5.41) is 8.89. The van der Waals surface area contributed by atoms with Crippen molar-refractivity contribution in [2.45, 2.75) is 26.4 Å². The number of pyridine rings is 1. The lowest BCUT2D eigenvalue weighted by Crippen LogP contribution is -2.26. The van der Waals surface area contributed by atoms with Gasteiger partial charge >= 0.3 is 0 Å². The Morgan fingerprint density at radius 1 is 1.33 bits per heavy atom. The molecule has 33 heavy (non-hydrogen) atoms. The molecule has 3 heterocycles. The molecule has 1 amide bonds. The number of aromatic amines is 1. The first-order valence-corrected chi connectivity index (χ1v) is 10.9. The van der Waals surface area contributed by atoms with E-state index in [1.165, 1.54) is 12.3 Å². The van der Waals surface area contributed by atoms with Crippen LogP contribution in [0.2, 0.25) is 5.02 Å². The quantitative estimate of drug-likeness (QED) is 0.566. The fraction of sp³-hybridized carbons (Fsp3) is 0.304. The molecule has 0 unspecified atom stereocenters. The Kier molecular flexibility index (Phi) is 6.60. The van der Waals surface area contributed by atoms with E-state index in [0.29, 0.717) is 47.9 Å². The minimum Gasteiger partial charge on any atom is -0.472 e. The maximum atomic E-state index is 14.8. The molecule has 0 radical (unpaired) electrons. The van der Waals surface area contributed by atoms with Crippen molar-refractivity contribution in [1.82, 2.24) is 15.2 Å². The minimum atomic E-state index is -0.461. The third kappa shape index (κ3) is 5.14. The van der Waals surface area contributed by atoms with Gasteiger partial charge in [0.05, 0.1) is 18.4 Å². The van der Waals surface area contributed by atoms with E-state index < -0.39 is 11.4 Å². The lowest BCUT2D eigenvalue weighted by Gasteiger charge is -2.19. The van der Waals surface area contributed by atoms with E-state index in [1.54, 1.807) is 44.3 Å². The molecule has 0 spiro atoms. The summed E-state index contributed by atoms with van der Waals surface area (Å²) in [6.45, 7) is 4.70. The lowest BCUT2D eigenvalue weighted by atomic mass is 10.1. The van der Waals surface area contributed by atoms with E-state index in [0.717, 1.165) is 0 Å². The number of hydrogen-bond donors (Lipinski definition) is 2. The third-order valence-electron chi connectivity index (χ3n) is 5.36. The Balaban J connectivity index is 1.46. The number of aromatic nitrogens is 3. The van der Waals surface area contributed by atoms with Gasteiger partial charge in [0.2, 0.25) is 11.8 Å². The largest absolute Gasteiger partial charge is 0.472 e. The van der Waals surface area contributed by atoms with Crippen molar-refractivity contribution < 1.29 is 13.9 Å². The molecule has 2 N–H and O–H groups in total. The zero-order chi connectivity index (χ0) is 23.5. The molecule has 1 saturated heterocycles. The first kappa shape index (κ1) is 22.7. The standard InChI is InChI=1S/C23H23ClFN5O3/c1-13(2)22(31)28-15-3-4-17(18(25)10-15)14-5-7-26-20(9-14)33-16-6-8-30(12-16)19-11-27-29-23(32)21(19)24/h3-5,7,9-11,13,16H,6,8,12H2,1-2H3,(H,28,31)(H,29,32)/t16-/m1/s1. The zero-order valence-corrected chi connectivity index (χ0v) is 18.9. The van der Waals surface area contributed by atoms with Crippen LogP contribution in [0, 0.1) is 11.7 Å². The monoisotopic (exact) mass is 471 g/mol. The number of anilines is 2. The van der Waals surface area contributed by atoms with E-state index in [-0.39, 0.29) is 23.0 Å². The van der Waals surface area contributed by atoms with Crippen LogP contribution >= 0.6 is 11.6 Å². The predicted molar refractivity (Wildman–Crippen MR) is 124 cm³/mol. The Bertz CT molecular complexity index is 1230. The summed E-state index contributed by atoms with van der Waals surface area (Å²) in [5.41, 5.74) is 1.50. The van der Waals surface area contributed by atoms with Crippen LogP contribution in [0.4, 0.5) is 15.8 Å². The van der Waals surface area contributed by atoms with Crippen molar-refractivity contribution in [1.29, 1.82) is 0 Å². The number of nitrogens with zero attached hydrogens (tertiary/aromatic N) is 3. The number of halogens is 2. The summed E-state index contributed by atoms with van der Waals surface area (Å²) in [4.78, 5) is 29.7. The van der Waals surface area contributed by atoms with Crippen LogP contribution in [0.1, 0.15) is 20.3 Å². The van der Waals surface area contributed by atoms with E-state index in [2.05, 4.69) is 20.5 Å². The van der Waals surface area contributed by atoms with Gasteiger partial charge in [-0.1, -0.05) is 25.4 Å². The Morgan fingerprint density at radius 3 is 2.91 bits per heavy atom. The molecule has 0 bridgehead atoms. The van der Waals surface area contributed by atoms with Gasteiger partial charge in [0.15, 0.2) is 0 Å². The van der Waals surface area contributed by atoms with Crippen LogP contribution < -0.4 is 20.5 Å². The van der Waals surface area contributed by atoms with Gasteiger partial charge in [-0.25, -0.2) is 14.5 Å². The second kappa shape index (κ2) is 9.58. The molecule has 4 rings (SSSR count). The SMILES string of the molecule is CC(C)C(=O)Nc1ccc(-c2ccnc(O[C@@H]3CCN(c4cn[nH]c(=O)c4Cl)C3)c2)c(F)c1. The number of hydrogen-bond acceptors (Lipinski definition) is 6. The molecule has 1 atom stereocenters. The van der Waals surface area contributed by atoms with Crippen molar-refractivity contribution in [2.75, 3.05) is 23.3 Å². The van der Waals surface area contributed by atoms with Crippen LogP contribution in [0.25, 0.3) is 11.1 Å². The number of nitrogens with one attached hydrogen (secondary N) is 2. The molecule has 172 valence electrons. The van der Waals surface area contributed by atoms with Gasteiger partial charge in [-0.2, -0.15) is 5.10 Å². The summed E-state index contributed by atoms with van der Waals surface area (Å²) < 4.78 is 20.8. The molecule has 1 aliphatic heterocycles. The number of carbonyl (C=O) groups is 1. The average molecular weight is 472 g/mol. The molecule has 0 aliphatic carbocycles. The van der Waals surface area contributed by atoms with Crippen molar-refractivity contribution >= 4 is 28.9 Å². The van der Waals surface area contributed by atoms with Gasteiger partial charge in [0.1, 0.15) is 16.9 Å². The maximum Gasteiger partial charge on any atom is 0.285 e. The molecule has 8 nitrogen and oxygen atoms in total. The third-order valence-corrected chi connectivity index (χ3v) is 5.72. The molecule has 0 saturated carbocycles. The molecule has 1 aliphatic rings. The Morgan fingerprint density at radius 2 is 2.15 bits per heavy atom. The van der Waals surface area contributed by atoms with Crippen LogP contribution in [0.3, 0.4) is 0 Å². The van der Waals surface area contributed by atoms with Gasteiger partial charge < -0.3 is 15.0 Å². The Labute approximate surface area is 194 Å². The van der Waals surface area contributed by atoms with Crippen molar-refractivity contribution in [3.05, 3.63) is 63.9 Å². The zero-order valence-electron chi connectivity index (χ0n) is 18.1. The molecule has 10 heteroatoms. The van der Waals surface area contributed by atoms with E-state index >= 15 is 0 Å². The first-order chi connectivity index (χ1) is 15.8.